The van der Waals surface area contributed by atoms with Crippen molar-refractivity contribution in [1.82, 2.24) is 5.32 Å². The van der Waals surface area contributed by atoms with E-state index in [2.05, 4.69) is 16.0 Å². The largest absolute Gasteiger partial charge is 0.418 e. The Balaban J connectivity index is 1.66. The van der Waals surface area contributed by atoms with Crippen molar-refractivity contribution >= 4 is 11.4 Å². The fourth-order valence-electron chi connectivity index (χ4n) is 4.01. The molecule has 138 valence electrons. The highest BCUT2D eigenvalue weighted by atomic mass is 19.4. The number of hydrogen-bond donors (Lipinski definition) is 3. The van der Waals surface area contributed by atoms with Gasteiger partial charge >= 0.3 is 6.18 Å². The highest BCUT2D eigenvalue weighted by Crippen LogP contribution is 2.47. The van der Waals surface area contributed by atoms with Crippen molar-refractivity contribution in [3.63, 3.8) is 0 Å². The molecule has 26 heavy (non-hydrogen) atoms. The number of fused-ring (bicyclic) bond motifs is 3. The third kappa shape index (κ3) is 3.26. The third-order valence-electron chi connectivity index (χ3n) is 5.26. The molecule has 0 spiro atoms. The highest BCUT2D eigenvalue weighted by Gasteiger charge is 2.42. The van der Waals surface area contributed by atoms with Gasteiger partial charge < -0.3 is 16.0 Å². The Morgan fingerprint density at radius 3 is 2.81 bits per heavy atom. The summed E-state index contributed by atoms with van der Waals surface area (Å²) in [7, 11) is 0. The van der Waals surface area contributed by atoms with Crippen LogP contribution in [0.3, 0.4) is 0 Å². The molecular weight excluding hydrogens is 339 g/mol. The Hall–Kier alpha value is -2.21. The van der Waals surface area contributed by atoms with Crippen molar-refractivity contribution in [2.45, 2.75) is 38.0 Å². The molecular formula is C20H22F3N3. The summed E-state index contributed by atoms with van der Waals surface area (Å²) in [6.45, 7) is 4.05. The number of rotatable bonds is 3. The van der Waals surface area contributed by atoms with Gasteiger partial charge in [-0.2, -0.15) is 13.2 Å². The summed E-state index contributed by atoms with van der Waals surface area (Å²) in [5.41, 5.74) is 3.16. The first-order valence-corrected chi connectivity index (χ1v) is 8.93. The lowest BCUT2D eigenvalue weighted by atomic mass is 9.89. The van der Waals surface area contributed by atoms with Crippen molar-refractivity contribution in [2.24, 2.45) is 0 Å². The normalized spacial score (nSPS) is 21.7. The molecule has 0 aliphatic carbocycles. The minimum absolute atomic E-state index is 0.0828. The second-order valence-corrected chi connectivity index (χ2v) is 7.18. The average Bonchev–Trinajstić information content (AvgIpc) is 2.97. The van der Waals surface area contributed by atoms with Gasteiger partial charge in [0, 0.05) is 30.7 Å². The maximum Gasteiger partial charge on any atom is 0.418 e. The van der Waals surface area contributed by atoms with Crippen LogP contribution in [0.4, 0.5) is 24.5 Å². The average molecular weight is 361 g/mol. The van der Waals surface area contributed by atoms with E-state index in [1.807, 2.05) is 37.3 Å². The monoisotopic (exact) mass is 361 g/mol. The van der Waals surface area contributed by atoms with E-state index in [1.54, 1.807) is 0 Å². The Bertz CT molecular complexity index is 816. The molecule has 2 aliphatic rings. The fourth-order valence-corrected chi connectivity index (χ4v) is 4.01. The molecule has 2 heterocycles. The van der Waals surface area contributed by atoms with E-state index < -0.39 is 11.7 Å². The van der Waals surface area contributed by atoms with Crippen LogP contribution in [-0.4, -0.2) is 19.1 Å². The van der Waals surface area contributed by atoms with Crippen molar-refractivity contribution in [1.29, 1.82) is 0 Å². The maximum atomic E-state index is 13.6. The van der Waals surface area contributed by atoms with Crippen molar-refractivity contribution < 1.29 is 13.2 Å². The lowest BCUT2D eigenvalue weighted by Crippen LogP contribution is -2.38. The van der Waals surface area contributed by atoms with Crippen LogP contribution in [-0.2, 0) is 12.7 Å². The molecule has 0 radical (unpaired) electrons. The molecule has 0 aromatic heterocycles. The summed E-state index contributed by atoms with van der Waals surface area (Å²) in [4.78, 5) is 0. The summed E-state index contributed by atoms with van der Waals surface area (Å²) in [5, 5.41) is 9.61. The van der Waals surface area contributed by atoms with Crippen molar-refractivity contribution in [3.05, 3.63) is 58.7 Å². The van der Waals surface area contributed by atoms with E-state index >= 15 is 0 Å². The zero-order valence-corrected chi connectivity index (χ0v) is 14.6. The molecule has 2 atom stereocenters. The van der Waals surface area contributed by atoms with Crippen molar-refractivity contribution in [2.75, 3.05) is 23.7 Å². The first kappa shape index (κ1) is 17.2. The van der Waals surface area contributed by atoms with Crippen LogP contribution in [0.25, 0.3) is 0 Å². The van der Waals surface area contributed by atoms with Crippen LogP contribution in [0.1, 0.15) is 34.6 Å². The van der Waals surface area contributed by atoms with Crippen LogP contribution < -0.4 is 16.0 Å². The summed E-state index contributed by atoms with van der Waals surface area (Å²) in [6.07, 6.45) is -3.54. The Morgan fingerprint density at radius 1 is 1.19 bits per heavy atom. The summed E-state index contributed by atoms with van der Waals surface area (Å²) in [6, 6.07) is 11.2. The number of piperidine rings is 1. The van der Waals surface area contributed by atoms with Crippen molar-refractivity contribution in [3.8, 4) is 0 Å². The number of anilines is 2. The number of hydrogen-bond acceptors (Lipinski definition) is 3. The number of alkyl halides is 3. The Morgan fingerprint density at radius 2 is 2.04 bits per heavy atom. The van der Waals surface area contributed by atoms with Crippen LogP contribution in [0.15, 0.2) is 36.4 Å². The van der Waals surface area contributed by atoms with Gasteiger partial charge in [-0.25, -0.2) is 0 Å². The van der Waals surface area contributed by atoms with Gasteiger partial charge in [-0.05, 0) is 43.1 Å². The lowest BCUT2D eigenvalue weighted by Gasteiger charge is -2.26. The molecule has 2 aromatic carbocycles. The Kier molecular flexibility index (Phi) is 4.31. The minimum Gasteiger partial charge on any atom is -0.381 e. The molecule has 0 amide bonds. The molecule has 1 fully saturated rings. The van der Waals surface area contributed by atoms with Crippen LogP contribution in [0, 0.1) is 6.92 Å². The van der Waals surface area contributed by atoms with Crippen LogP contribution >= 0.6 is 0 Å². The molecule has 4 rings (SSSR count). The van der Waals surface area contributed by atoms with Gasteiger partial charge in [0.25, 0.3) is 0 Å². The fraction of sp³-hybridized carbons (Fsp3) is 0.400. The minimum atomic E-state index is -4.38. The predicted octanol–water partition coefficient (Wildman–Crippen LogP) is 4.50. The number of nitrogens with one attached hydrogen (secondary N) is 3. The smallest absolute Gasteiger partial charge is 0.381 e. The summed E-state index contributed by atoms with van der Waals surface area (Å²) in [5.74, 6) is 0.0839. The molecule has 6 heteroatoms. The molecule has 2 aliphatic heterocycles. The van der Waals surface area contributed by atoms with E-state index in [9.17, 15) is 13.2 Å². The first-order valence-electron chi connectivity index (χ1n) is 8.93. The molecule has 0 bridgehead atoms. The van der Waals surface area contributed by atoms with Gasteiger partial charge in [-0.3, -0.25) is 0 Å². The molecule has 3 N–H and O–H groups in total. The second kappa shape index (κ2) is 6.50. The first-order chi connectivity index (χ1) is 12.4. The summed E-state index contributed by atoms with van der Waals surface area (Å²) < 4.78 is 40.9. The molecule has 3 nitrogen and oxygen atoms in total. The second-order valence-electron chi connectivity index (χ2n) is 7.18. The Labute approximate surface area is 151 Å². The SMILES string of the molecule is Cc1cccc(CNc2cc3c(c(C(F)(F)F)c2)N[C@H]2CCNC[C@@H]32)c1. The zero-order valence-electron chi connectivity index (χ0n) is 14.6. The number of benzene rings is 2. The lowest BCUT2D eigenvalue weighted by molar-refractivity contribution is -0.136. The van der Waals surface area contributed by atoms with E-state index in [0.717, 1.165) is 29.7 Å². The van der Waals surface area contributed by atoms with Gasteiger partial charge in [0.05, 0.1) is 11.3 Å². The van der Waals surface area contributed by atoms with E-state index in [-0.39, 0.29) is 17.6 Å². The topological polar surface area (TPSA) is 36.1 Å². The van der Waals surface area contributed by atoms with Gasteiger partial charge in [-0.1, -0.05) is 29.8 Å². The van der Waals surface area contributed by atoms with Gasteiger partial charge in [-0.15, -0.1) is 0 Å². The maximum absolute atomic E-state index is 13.6. The predicted molar refractivity (Wildman–Crippen MR) is 97.6 cm³/mol. The van der Waals surface area contributed by atoms with E-state index in [4.69, 9.17) is 0 Å². The molecule has 1 saturated heterocycles. The zero-order chi connectivity index (χ0) is 18.3. The molecule has 0 unspecified atom stereocenters. The quantitative estimate of drug-likeness (QED) is 0.754. The van der Waals surface area contributed by atoms with Gasteiger partial charge in [0.1, 0.15) is 0 Å². The van der Waals surface area contributed by atoms with Crippen LogP contribution in [0.2, 0.25) is 0 Å². The van der Waals surface area contributed by atoms with Gasteiger partial charge in [0.2, 0.25) is 0 Å². The molecule has 0 saturated carbocycles. The van der Waals surface area contributed by atoms with E-state index in [1.165, 1.54) is 6.07 Å². The number of aryl methyl sites for hydroxylation is 1. The summed E-state index contributed by atoms with van der Waals surface area (Å²) >= 11 is 0. The van der Waals surface area contributed by atoms with Gasteiger partial charge in [0.15, 0.2) is 0 Å². The number of halogens is 3. The highest BCUT2D eigenvalue weighted by molar-refractivity contribution is 5.71. The van der Waals surface area contributed by atoms with Crippen LogP contribution in [0.5, 0.6) is 0 Å². The standard InChI is InChI=1S/C20H22F3N3/c1-12-3-2-4-13(7-12)10-25-14-8-15-16-11-24-6-5-18(16)26-19(15)17(9-14)20(21,22)23/h2-4,7-9,16,18,24-26H,5-6,10-11H2,1H3/t16-,18-/m0/s1. The molecule has 2 aromatic rings. The third-order valence-corrected chi connectivity index (χ3v) is 5.26. The van der Waals surface area contributed by atoms with E-state index in [0.29, 0.717) is 18.8 Å².